The highest BCUT2D eigenvalue weighted by Gasteiger charge is 2.26. The summed E-state index contributed by atoms with van der Waals surface area (Å²) >= 11 is 0. The second-order valence-electron chi connectivity index (χ2n) is 14.2. The van der Waals surface area contributed by atoms with Gasteiger partial charge in [0.2, 0.25) is 5.91 Å². The van der Waals surface area contributed by atoms with Crippen molar-refractivity contribution in [1.82, 2.24) is 15.2 Å². The number of carboxylic acid groups (broad SMARTS) is 1. The maximum Gasteiger partial charge on any atom is 0.305 e. The number of carbonyl (C=O) groups excluding carboxylic acids is 2. The molecule has 2 aromatic carbocycles. The lowest BCUT2D eigenvalue weighted by atomic mass is 9.89. The van der Waals surface area contributed by atoms with Crippen molar-refractivity contribution in [2.45, 2.75) is 108 Å². The van der Waals surface area contributed by atoms with Crippen LogP contribution < -0.4 is 5.32 Å². The smallest absolute Gasteiger partial charge is 0.305 e. The summed E-state index contributed by atoms with van der Waals surface area (Å²) in [6.45, 7) is 25.1. The van der Waals surface area contributed by atoms with Gasteiger partial charge in [-0.3, -0.25) is 14.4 Å². The van der Waals surface area contributed by atoms with Crippen LogP contribution >= 0.6 is 0 Å². The second kappa shape index (κ2) is 20.1. The molecule has 2 atom stereocenters. The van der Waals surface area contributed by atoms with Gasteiger partial charge in [-0.1, -0.05) is 65.3 Å². The van der Waals surface area contributed by atoms with E-state index in [0.29, 0.717) is 23.6 Å². The van der Waals surface area contributed by atoms with Gasteiger partial charge in [-0.05, 0) is 117 Å². The molecule has 0 bridgehead atoms. The van der Waals surface area contributed by atoms with Gasteiger partial charge >= 0.3 is 5.97 Å². The Morgan fingerprint density at radius 3 is 2.14 bits per heavy atom. The first kappa shape index (κ1) is 42.3. The van der Waals surface area contributed by atoms with Gasteiger partial charge in [0.1, 0.15) is 11.5 Å². The molecular weight excluding hydrogens is 629 g/mol. The van der Waals surface area contributed by atoms with E-state index in [2.05, 4.69) is 34.3 Å². The predicted molar refractivity (Wildman–Crippen MR) is 202 cm³/mol. The van der Waals surface area contributed by atoms with Gasteiger partial charge in [-0.2, -0.15) is 0 Å². The number of carboxylic acids is 1. The van der Waals surface area contributed by atoms with Crippen LogP contribution in [-0.2, 0) is 16.0 Å². The van der Waals surface area contributed by atoms with Crippen molar-refractivity contribution in [1.29, 1.82) is 0 Å². The summed E-state index contributed by atoms with van der Waals surface area (Å²) < 4.78 is 15.2. The third-order valence-electron chi connectivity index (χ3n) is 8.81. The van der Waals surface area contributed by atoms with Crippen molar-refractivity contribution < 1.29 is 23.9 Å². The van der Waals surface area contributed by atoms with Gasteiger partial charge in [0.15, 0.2) is 5.78 Å². The molecule has 2 heterocycles. The van der Waals surface area contributed by atoms with Crippen LogP contribution in [0.2, 0.25) is 0 Å². The minimum absolute atomic E-state index is 0.0448. The largest absolute Gasteiger partial charge is 0.481 e. The first-order valence-electron chi connectivity index (χ1n) is 18.1. The molecule has 50 heavy (non-hydrogen) atoms. The monoisotopic (exact) mass is 689 g/mol. The summed E-state index contributed by atoms with van der Waals surface area (Å²) in [6.07, 6.45) is 2.38. The number of carbonyl (C=O) groups is 3. The first-order valence-corrected chi connectivity index (χ1v) is 18.1. The molecule has 1 aromatic heterocycles. The molecule has 0 radical (unpaired) electrons. The number of aromatic nitrogens is 1. The fourth-order valence-electron chi connectivity index (χ4n) is 6.68. The minimum Gasteiger partial charge on any atom is -0.481 e. The van der Waals surface area contributed by atoms with Crippen molar-refractivity contribution in [3.63, 3.8) is 0 Å². The van der Waals surface area contributed by atoms with Crippen molar-refractivity contribution in [2.24, 2.45) is 17.8 Å². The molecule has 3 aromatic rings. The molecule has 7 nitrogen and oxygen atoms in total. The highest BCUT2D eigenvalue weighted by molar-refractivity contribution is 5.92. The third-order valence-corrected chi connectivity index (χ3v) is 8.81. The Labute approximate surface area is 300 Å². The van der Waals surface area contributed by atoms with E-state index in [9.17, 15) is 19.5 Å². The van der Waals surface area contributed by atoms with Crippen LogP contribution in [-0.4, -0.2) is 52.3 Å². The topological polar surface area (TPSA) is 99.6 Å². The SMILES string of the molecule is CC.CC(=O)c1cccc(CCCN2CC(C)C2)n1.Cc1cc(C)c(-c2cc(C)c(F)c([C@H](CC(=O)O)NC(=O)[C@@H](C)CC(C)C)c2)c(C)c1. The van der Waals surface area contributed by atoms with Crippen LogP contribution in [0, 0.1) is 51.3 Å². The Morgan fingerprint density at radius 1 is 0.980 bits per heavy atom. The maximum absolute atomic E-state index is 15.2. The minimum atomic E-state index is -1.09. The quantitative estimate of drug-likeness (QED) is 0.174. The summed E-state index contributed by atoms with van der Waals surface area (Å²) in [5.74, 6) is -0.873. The van der Waals surface area contributed by atoms with Gasteiger partial charge in [-0.15, -0.1) is 0 Å². The Bertz CT molecular complexity index is 1570. The first-order chi connectivity index (χ1) is 23.5. The Balaban J connectivity index is 0.000000383. The van der Waals surface area contributed by atoms with Gasteiger partial charge in [-0.25, -0.2) is 9.37 Å². The van der Waals surface area contributed by atoms with Gasteiger partial charge < -0.3 is 15.3 Å². The highest BCUT2D eigenvalue weighted by Crippen LogP contribution is 2.34. The zero-order valence-corrected chi connectivity index (χ0v) is 32.2. The Kier molecular flexibility index (Phi) is 17.0. The van der Waals surface area contributed by atoms with Crippen LogP contribution in [0.1, 0.15) is 118 Å². The number of pyridine rings is 1. The molecule has 274 valence electrons. The van der Waals surface area contributed by atoms with Gasteiger partial charge in [0, 0.05) is 37.2 Å². The molecule has 0 saturated carbocycles. The molecule has 1 fully saturated rings. The zero-order chi connectivity index (χ0) is 37.7. The molecule has 0 unspecified atom stereocenters. The van der Waals surface area contributed by atoms with E-state index in [1.807, 2.05) is 67.5 Å². The predicted octanol–water partition coefficient (Wildman–Crippen LogP) is 9.24. The number of likely N-dealkylation sites (tertiary alicyclic amines) is 1. The number of nitrogens with one attached hydrogen (secondary N) is 1. The van der Waals surface area contributed by atoms with Crippen LogP contribution in [0.15, 0.2) is 42.5 Å². The van der Waals surface area contributed by atoms with E-state index in [-0.39, 0.29) is 29.6 Å². The molecule has 1 saturated heterocycles. The van der Waals surface area contributed by atoms with Gasteiger partial charge in [0.05, 0.1) is 12.5 Å². The molecule has 0 aliphatic carbocycles. The molecule has 1 amide bonds. The van der Waals surface area contributed by atoms with Crippen LogP contribution in [0.4, 0.5) is 4.39 Å². The van der Waals surface area contributed by atoms with Crippen molar-refractivity contribution in [3.8, 4) is 11.1 Å². The number of ketones is 1. The van der Waals surface area contributed by atoms with Crippen LogP contribution in [0.3, 0.4) is 0 Å². The number of aryl methyl sites for hydroxylation is 5. The zero-order valence-electron chi connectivity index (χ0n) is 32.2. The number of halogens is 1. The molecule has 1 aliphatic rings. The number of hydrogen-bond acceptors (Lipinski definition) is 5. The number of rotatable bonds is 13. The molecule has 2 N–H and O–H groups in total. The summed E-state index contributed by atoms with van der Waals surface area (Å²) in [5.41, 5.74) is 7.36. The molecule has 1 aliphatic heterocycles. The average Bonchev–Trinajstić information content (AvgIpc) is 3.01. The lowest BCUT2D eigenvalue weighted by Crippen LogP contribution is -2.45. The highest BCUT2D eigenvalue weighted by atomic mass is 19.1. The van der Waals surface area contributed by atoms with Gasteiger partial charge in [0.25, 0.3) is 0 Å². The third kappa shape index (κ3) is 12.8. The summed E-state index contributed by atoms with van der Waals surface area (Å²) in [7, 11) is 0. The van der Waals surface area contributed by atoms with Crippen molar-refractivity contribution in [2.75, 3.05) is 19.6 Å². The van der Waals surface area contributed by atoms with E-state index in [1.165, 1.54) is 13.1 Å². The van der Waals surface area contributed by atoms with E-state index < -0.39 is 17.8 Å². The van der Waals surface area contributed by atoms with Crippen molar-refractivity contribution in [3.05, 3.63) is 87.5 Å². The standard InChI is InChI=1S/C26H34FNO3.C14H20N2O.C2H6/c1-14(2)8-19(7)26(31)28-22(13-23(29)30)21-12-20(11-18(6)25(21)27)24-16(4)9-15(3)10-17(24)5;1-11-9-16(10-11)8-4-6-13-5-3-7-14(15-13)12(2)17;1-2/h9-12,14,19,22H,8,13H2,1-7H3,(H,28,31)(H,29,30);3,5,7,11H,4,6,8-10H2,1-2H3;1-2H3/t19-,22-;;/m0../s1. The number of benzene rings is 2. The molecule has 0 spiro atoms. The summed E-state index contributed by atoms with van der Waals surface area (Å²) in [4.78, 5) is 42.3. The van der Waals surface area contributed by atoms with Crippen molar-refractivity contribution >= 4 is 17.7 Å². The van der Waals surface area contributed by atoms with E-state index in [0.717, 1.165) is 58.8 Å². The normalized spacial score (nSPS) is 14.0. The lowest BCUT2D eigenvalue weighted by Gasteiger charge is -2.37. The second-order valence-corrected chi connectivity index (χ2v) is 14.2. The molecular formula is C42H60FN3O4. The van der Waals surface area contributed by atoms with E-state index >= 15 is 4.39 Å². The summed E-state index contributed by atoms with van der Waals surface area (Å²) in [5, 5.41) is 12.2. The number of Topliss-reactive ketones (excluding diaryl/α,β-unsaturated/α-hetero) is 1. The number of nitrogens with zero attached hydrogens (tertiary/aromatic N) is 2. The number of hydrogen-bond donors (Lipinski definition) is 2. The Hall–Kier alpha value is -3.91. The average molecular weight is 690 g/mol. The molecule has 4 rings (SSSR count). The van der Waals surface area contributed by atoms with Crippen LogP contribution in [0.25, 0.3) is 11.1 Å². The fourth-order valence-corrected chi connectivity index (χ4v) is 6.68. The van der Waals surface area contributed by atoms with E-state index in [4.69, 9.17) is 0 Å². The van der Waals surface area contributed by atoms with Crippen LogP contribution in [0.5, 0.6) is 0 Å². The number of aliphatic carboxylic acids is 1. The van der Waals surface area contributed by atoms with E-state index in [1.54, 1.807) is 32.0 Å². The number of amides is 1. The summed E-state index contributed by atoms with van der Waals surface area (Å²) in [6, 6.07) is 12.4. The lowest BCUT2D eigenvalue weighted by molar-refractivity contribution is -0.138. The molecule has 8 heteroatoms. The Morgan fingerprint density at radius 2 is 1.60 bits per heavy atom. The fraction of sp³-hybridized carbons (Fsp3) is 0.524. The maximum atomic E-state index is 15.2.